The SMILES string of the molecule is O=C(NCc1ccc(OC(F)F)cc1)[C@H]1CC(=O)N(Cc2ccccn2)C1. The smallest absolute Gasteiger partial charge is 0.387 e. The number of hydrogen-bond acceptors (Lipinski definition) is 4. The normalized spacial score (nSPS) is 16.6. The second kappa shape index (κ2) is 8.57. The van der Waals surface area contributed by atoms with Crippen molar-refractivity contribution in [3.63, 3.8) is 0 Å². The molecule has 6 nitrogen and oxygen atoms in total. The molecule has 0 unspecified atom stereocenters. The number of amides is 2. The van der Waals surface area contributed by atoms with Crippen molar-refractivity contribution in [3.8, 4) is 5.75 Å². The second-order valence-corrected chi connectivity index (χ2v) is 6.24. The Balaban J connectivity index is 1.49. The second-order valence-electron chi connectivity index (χ2n) is 6.24. The van der Waals surface area contributed by atoms with Crippen LogP contribution in [0.5, 0.6) is 5.75 Å². The third-order valence-electron chi connectivity index (χ3n) is 4.28. The standard InChI is InChI=1S/C19H19F2N3O3/c20-19(21)27-16-6-4-13(5-7-16)10-23-18(26)14-9-17(25)24(11-14)12-15-3-1-2-8-22-15/h1-8,14,19H,9-12H2,(H,23,26)/t14-/m0/s1. The van der Waals surface area contributed by atoms with E-state index in [0.29, 0.717) is 13.1 Å². The molecule has 8 heteroatoms. The van der Waals surface area contributed by atoms with Gasteiger partial charge in [0, 0.05) is 25.7 Å². The highest BCUT2D eigenvalue weighted by atomic mass is 19.3. The third-order valence-corrected chi connectivity index (χ3v) is 4.28. The van der Waals surface area contributed by atoms with Gasteiger partial charge in [-0.2, -0.15) is 8.78 Å². The molecule has 1 atom stereocenters. The molecule has 1 fully saturated rings. The zero-order valence-corrected chi connectivity index (χ0v) is 14.5. The Bertz CT molecular complexity index is 785. The van der Waals surface area contributed by atoms with Crippen molar-refractivity contribution in [2.75, 3.05) is 6.54 Å². The molecule has 142 valence electrons. The van der Waals surface area contributed by atoms with Gasteiger partial charge in [0.15, 0.2) is 0 Å². The number of aromatic nitrogens is 1. The van der Waals surface area contributed by atoms with E-state index < -0.39 is 12.5 Å². The maximum atomic E-state index is 12.3. The number of likely N-dealkylation sites (tertiary alicyclic amines) is 1. The van der Waals surface area contributed by atoms with Gasteiger partial charge >= 0.3 is 6.61 Å². The third kappa shape index (κ3) is 5.22. The summed E-state index contributed by atoms with van der Waals surface area (Å²) in [6.45, 7) is -1.89. The van der Waals surface area contributed by atoms with E-state index in [1.54, 1.807) is 29.3 Å². The van der Waals surface area contributed by atoms with E-state index in [-0.39, 0.29) is 30.5 Å². The molecule has 1 saturated heterocycles. The summed E-state index contributed by atoms with van der Waals surface area (Å²) < 4.78 is 28.5. The maximum Gasteiger partial charge on any atom is 0.387 e. The molecule has 0 bridgehead atoms. The highest BCUT2D eigenvalue weighted by molar-refractivity contribution is 5.89. The summed E-state index contributed by atoms with van der Waals surface area (Å²) in [4.78, 5) is 30.3. The summed E-state index contributed by atoms with van der Waals surface area (Å²) in [6, 6.07) is 11.5. The van der Waals surface area contributed by atoms with Gasteiger partial charge in [-0.25, -0.2) is 0 Å². The van der Waals surface area contributed by atoms with Crippen LogP contribution >= 0.6 is 0 Å². The highest BCUT2D eigenvalue weighted by Gasteiger charge is 2.34. The molecule has 0 aliphatic carbocycles. The van der Waals surface area contributed by atoms with Gasteiger partial charge in [0.1, 0.15) is 5.75 Å². The average molecular weight is 375 g/mol. The number of ether oxygens (including phenoxy) is 1. The van der Waals surface area contributed by atoms with Crippen LogP contribution in [0.25, 0.3) is 0 Å². The summed E-state index contributed by atoms with van der Waals surface area (Å²) in [5.41, 5.74) is 1.53. The molecule has 2 aromatic rings. The predicted molar refractivity (Wildman–Crippen MR) is 92.7 cm³/mol. The van der Waals surface area contributed by atoms with E-state index in [1.807, 2.05) is 12.1 Å². The van der Waals surface area contributed by atoms with Crippen molar-refractivity contribution in [2.24, 2.45) is 5.92 Å². The Morgan fingerprint density at radius 2 is 2.04 bits per heavy atom. The van der Waals surface area contributed by atoms with Crippen molar-refractivity contribution in [2.45, 2.75) is 26.1 Å². The number of carbonyl (C=O) groups is 2. The number of hydrogen-bond donors (Lipinski definition) is 1. The van der Waals surface area contributed by atoms with Gasteiger partial charge in [0.05, 0.1) is 18.2 Å². The molecule has 1 aliphatic rings. The van der Waals surface area contributed by atoms with Crippen molar-refractivity contribution in [3.05, 3.63) is 59.9 Å². The number of halogens is 2. The van der Waals surface area contributed by atoms with Gasteiger partial charge in [-0.15, -0.1) is 0 Å². The number of nitrogens with zero attached hydrogens (tertiary/aromatic N) is 2. The first-order valence-corrected chi connectivity index (χ1v) is 8.50. The highest BCUT2D eigenvalue weighted by Crippen LogP contribution is 2.20. The first-order chi connectivity index (χ1) is 13.0. The van der Waals surface area contributed by atoms with Crippen LogP contribution in [0.4, 0.5) is 8.78 Å². The van der Waals surface area contributed by atoms with E-state index in [9.17, 15) is 18.4 Å². The molecular formula is C19H19F2N3O3. The van der Waals surface area contributed by atoms with E-state index in [2.05, 4.69) is 15.0 Å². The van der Waals surface area contributed by atoms with Crippen LogP contribution < -0.4 is 10.1 Å². The van der Waals surface area contributed by atoms with E-state index in [4.69, 9.17) is 0 Å². The number of benzene rings is 1. The average Bonchev–Trinajstić information content (AvgIpc) is 3.02. The quantitative estimate of drug-likeness (QED) is 0.806. The fraction of sp³-hybridized carbons (Fsp3) is 0.316. The van der Waals surface area contributed by atoms with E-state index >= 15 is 0 Å². The van der Waals surface area contributed by atoms with Gasteiger partial charge in [-0.3, -0.25) is 14.6 Å². The molecule has 27 heavy (non-hydrogen) atoms. The zero-order chi connectivity index (χ0) is 19.2. The largest absolute Gasteiger partial charge is 0.435 e. The molecule has 2 heterocycles. The van der Waals surface area contributed by atoms with Crippen LogP contribution in [0.1, 0.15) is 17.7 Å². The molecule has 0 spiro atoms. The Hall–Kier alpha value is -3.03. The lowest BCUT2D eigenvalue weighted by Gasteiger charge is -2.16. The number of alkyl halides is 2. The number of rotatable bonds is 7. The van der Waals surface area contributed by atoms with Crippen LogP contribution in [-0.2, 0) is 22.7 Å². The van der Waals surface area contributed by atoms with Crippen LogP contribution in [0.3, 0.4) is 0 Å². The van der Waals surface area contributed by atoms with Crippen molar-refractivity contribution in [1.29, 1.82) is 0 Å². The lowest BCUT2D eigenvalue weighted by Crippen LogP contribution is -2.32. The summed E-state index contributed by atoms with van der Waals surface area (Å²) >= 11 is 0. The zero-order valence-electron chi connectivity index (χ0n) is 14.5. The van der Waals surface area contributed by atoms with Crippen LogP contribution in [-0.4, -0.2) is 34.9 Å². The summed E-state index contributed by atoms with van der Waals surface area (Å²) in [5, 5.41) is 2.78. The first kappa shape index (κ1) is 18.8. The summed E-state index contributed by atoms with van der Waals surface area (Å²) in [7, 11) is 0. The molecular weight excluding hydrogens is 356 g/mol. The summed E-state index contributed by atoms with van der Waals surface area (Å²) in [5.74, 6) is -0.636. The topological polar surface area (TPSA) is 71.5 Å². The molecule has 0 radical (unpaired) electrons. The van der Waals surface area contributed by atoms with Crippen molar-refractivity contribution < 1.29 is 23.1 Å². The molecule has 0 saturated carbocycles. The van der Waals surface area contributed by atoms with Gasteiger partial charge in [-0.1, -0.05) is 18.2 Å². The molecule has 3 rings (SSSR count). The summed E-state index contributed by atoms with van der Waals surface area (Å²) in [6.07, 6.45) is 1.83. The fourth-order valence-electron chi connectivity index (χ4n) is 2.91. The molecule has 1 N–H and O–H groups in total. The van der Waals surface area contributed by atoms with Crippen LogP contribution in [0.15, 0.2) is 48.7 Å². The minimum atomic E-state index is -2.87. The van der Waals surface area contributed by atoms with Crippen LogP contribution in [0, 0.1) is 5.92 Å². The Kier molecular flexibility index (Phi) is 5.95. The molecule has 2 amide bonds. The monoisotopic (exact) mass is 375 g/mol. The number of nitrogens with one attached hydrogen (secondary N) is 1. The number of pyridine rings is 1. The van der Waals surface area contributed by atoms with Gasteiger partial charge < -0.3 is 15.0 Å². The van der Waals surface area contributed by atoms with Gasteiger partial charge in [0.2, 0.25) is 11.8 Å². The van der Waals surface area contributed by atoms with Gasteiger partial charge in [-0.05, 0) is 29.8 Å². The fourth-order valence-corrected chi connectivity index (χ4v) is 2.91. The van der Waals surface area contributed by atoms with E-state index in [1.165, 1.54) is 12.1 Å². The Morgan fingerprint density at radius 1 is 1.26 bits per heavy atom. The molecule has 1 aliphatic heterocycles. The Morgan fingerprint density at radius 3 is 2.70 bits per heavy atom. The maximum absolute atomic E-state index is 12.3. The van der Waals surface area contributed by atoms with Crippen molar-refractivity contribution in [1.82, 2.24) is 15.2 Å². The molecule has 1 aromatic heterocycles. The first-order valence-electron chi connectivity index (χ1n) is 8.50. The predicted octanol–water partition coefficient (Wildman–Crippen LogP) is 2.35. The lowest BCUT2D eigenvalue weighted by molar-refractivity contribution is -0.129. The minimum absolute atomic E-state index is 0.0617. The van der Waals surface area contributed by atoms with Gasteiger partial charge in [0.25, 0.3) is 0 Å². The van der Waals surface area contributed by atoms with Crippen LogP contribution in [0.2, 0.25) is 0 Å². The van der Waals surface area contributed by atoms with E-state index in [0.717, 1.165) is 11.3 Å². The molecule has 1 aromatic carbocycles. The van der Waals surface area contributed by atoms with Crippen molar-refractivity contribution >= 4 is 11.8 Å². The number of carbonyl (C=O) groups excluding carboxylic acids is 2. The Labute approximate surface area is 155 Å². The minimum Gasteiger partial charge on any atom is -0.435 e. The lowest BCUT2D eigenvalue weighted by atomic mass is 10.1.